The molecule has 0 bridgehead atoms. The van der Waals surface area contributed by atoms with Crippen molar-refractivity contribution in [2.45, 2.75) is 213 Å². The lowest BCUT2D eigenvalue weighted by Gasteiger charge is -2.31. The van der Waals surface area contributed by atoms with Crippen molar-refractivity contribution in [3.05, 3.63) is 144 Å². The number of hydrogen-bond donors (Lipinski definition) is 1. The number of nitrogens with zero attached hydrogens (tertiary/aromatic N) is 2. The van der Waals surface area contributed by atoms with Crippen LogP contribution in [0.1, 0.15) is 205 Å². The second-order valence-electron chi connectivity index (χ2n) is 19.0. The number of unbranched alkanes of at least 4 members (excludes halogenated alkanes) is 24. The summed E-state index contributed by atoms with van der Waals surface area (Å²) in [5.74, 6) is -1.46. The molecule has 0 aliphatic carbocycles. The maximum atomic E-state index is 14.6. The molecule has 7 heteroatoms. The molecular formula is C61H91N3O4+2. The topological polar surface area (TPSA) is 72.4 Å². The Morgan fingerprint density at radius 2 is 0.765 bits per heavy atom. The molecule has 0 saturated heterocycles. The minimum Gasteiger partial charge on any atom is -0.462 e. The first-order chi connectivity index (χ1) is 33.6. The van der Waals surface area contributed by atoms with Gasteiger partial charge in [0.2, 0.25) is 0 Å². The van der Waals surface area contributed by atoms with Gasteiger partial charge in [-0.25, -0.2) is 9.59 Å². The first-order valence-corrected chi connectivity index (χ1v) is 27.4. The smallest absolute Gasteiger partial charge is 0.337 e. The zero-order chi connectivity index (χ0) is 48.0. The molecule has 1 aromatic carbocycles. The highest BCUT2D eigenvalue weighted by molar-refractivity contribution is 6.00. The maximum Gasteiger partial charge on any atom is 0.337 e. The molecule has 0 atom stereocenters. The van der Waals surface area contributed by atoms with Crippen LogP contribution in [0.3, 0.4) is 0 Å². The van der Waals surface area contributed by atoms with E-state index >= 15 is 0 Å². The number of allylic oxidation sites excluding steroid dienone is 6. The lowest BCUT2D eigenvalue weighted by atomic mass is 9.80. The minimum atomic E-state index is -0.671. The van der Waals surface area contributed by atoms with Crippen molar-refractivity contribution in [3.8, 4) is 0 Å². The molecule has 0 fully saturated rings. The number of carbonyl (C=O) groups is 2. The van der Waals surface area contributed by atoms with Crippen LogP contribution < -0.4 is 14.5 Å². The number of carbonyl (C=O) groups excluding carboxylic acids is 2. The molecule has 0 radical (unpaired) electrons. The van der Waals surface area contributed by atoms with Gasteiger partial charge in [0.15, 0.2) is 37.9 Å². The van der Waals surface area contributed by atoms with Gasteiger partial charge in [0.05, 0.1) is 41.7 Å². The van der Waals surface area contributed by atoms with E-state index in [0.29, 0.717) is 37.4 Å². The first kappa shape index (κ1) is 55.8. The molecule has 2 aromatic heterocycles. The zero-order valence-electron chi connectivity index (χ0n) is 42.7. The zero-order valence-corrected chi connectivity index (χ0v) is 42.7. The van der Waals surface area contributed by atoms with Gasteiger partial charge < -0.3 is 14.8 Å². The van der Waals surface area contributed by atoms with E-state index in [1.54, 1.807) is 0 Å². The summed E-state index contributed by atoms with van der Waals surface area (Å²) in [5, 5.41) is 3.64. The monoisotopic (exact) mass is 930 g/mol. The minimum absolute atomic E-state index is 0.336. The second kappa shape index (κ2) is 37.2. The fourth-order valence-electron chi connectivity index (χ4n) is 9.15. The Hall–Kier alpha value is -4.78. The van der Waals surface area contributed by atoms with Crippen molar-refractivity contribution >= 4 is 11.9 Å². The standard InChI is InChI=1S/C61H90N3O4/c1-3-5-7-9-11-13-15-17-19-21-23-25-27-29-31-42-50-67-60(65)58-55(52-63-46-38-34-39-47-63)62-56(53-64-48-40-35-41-49-64)59(57(58)54-44-36-33-37-45-54)61(66)68-51-43-32-30-28-26-24-22-20-18-16-14-12-10-8-6-4-2/h17-20,33-41,44-49,57H,3-16,21-32,42-43,50-53H2,1-2H3/q+1/p+1/b19-17+,20-18+. The molecule has 0 saturated carbocycles. The quantitative estimate of drug-likeness (QED) is 0.0267. The Bertz CT molecular complexity index is 1770. The van der Waals surface area contributed by atoms with Crippen molar-refractivity contribution in [1.29, 1.82) is 0 Å². The number of esters is 2. The van der Waals surface area contributed by atoms with Gasteiger partial charge in [-0.2, -0.15) is 9.13 Å². The van der Waals surface area contributed by atoms with E-state index in [4.69, 9.17) is 9.47 Å². The normalized spacial score (nSPS) is 13.2. The van der Waals surface area contributed by atoms with Crippen molar-refractivity contribution < 1.29 is 28.2 Å². The third-order valence-corrected chi connectivity index (χ3v) is 13.1. The molecule has 7 nitrogen and oxygen atoms in total. The highest BCUT2D eigenvalue weighted by Gasteiger charge is 2.41. The summed E-state index contributed by atoms with van der Waals surface area (Å²) in [7, 11) is 0. The Balaban J connectivity index is 1.35. The molecule has 0 spiro atoms. The van der Waals surface area contributed by atoms with Crippen molar-refractivity contribution in [2.24, 2.45) is 0 Å². The molecule has 3 aromatic rings. The molecule has 372 valence electrons. The predicted molar refractivity (Wildman–Crippen MR) is 280 cm³/mol. The average molecular weight is 930 g/mol. The number of aromatic nitrogens is 2. The van der Waals surface area contributed by atoms with Crippen molar-refractivity contribution in [2.75, 3.05) is 13.2 Å². The third-order valence-electron chi connectivity index (χ3n) is 13.1. The molecule has 1 aliphatic heterocycles. The van der Waals surface area contributed by atoms with Crippen molar-refractivity contribution in [1.82, 2.24) is 5.32 Å². The Morgan fingerprint density at radius 1 is 0.441 bits per heavy atom. The van der Waals surface area contributed by atoms with Crippen LogP contribution >= 0.6 is 0 Å². The van der Waals surface area contributed by atoms with Crippen LogP contribution in [0.5, 0.6) is 0 Å². The summed E-state index contributed by atoms with van der Waals surface area (Å²) in [6.45, 7) is 6.03. The fraction of sp³-hybridized carbons (Fsp3) is 0.574. The largest absolute Gasteiger partial charge is 0.462 e. The van der Waals surface area contributed by atoms with Crippen LogP contribution in [0.25, 0.3) is 0 Å². The molecule has 68 heavy (non-hydrogen) atoms. The number of benzene rings is 1. The second-order valence-corrected chi connectivity index (χ2v) is 19.0. The van der Waals surface area contributed by atoms with E-state index in [0.717, 1.165) is 68.3 Å². The fourth-order valence-corrected chi connectivity index (χ4v) is 9.15. The highest BCUT2D eigenvalue weighted by atomic mass is 16.5. The summed E-state index contributed by atoms with van der Waals surface area (Å²) in [5.41, 5.74) is 3.22. The van der Waals surface area contributed by atoms with E-state index in [2.05, 4.69) is 43.5 Å². The number of hydrogen-bond acceptors (Lipinski definition) is 5. The van der Waals surface area contributed by atoms with Crippen LogP contribution in [0.4, 0.5) is 0 Å². The maximum absolute atomic E-state index is 14.6. The Labute approximate surface area is 413 Å². The number of pyridine rings is 2. The van der Waals surface area contributed by atoms with Crippen molar-refractivity contribution in [3.63, 3.8) is 0 Å². The number of rotatable bonds is 39. The lowest BCUT2D eigenvalue weighted by molar-refractivity contribution is -0.692. The molecule has 0 amide bonds. The summed E-state index contributed by atoms with van der Waals surface area (Å²) >= 11 is 0. The molecule has 4 rings (SSSR count). The summed E-state index contributed by atoms with van der Waals surface area (Å²) in [4.78, 5) is 29.2. The summed E-state index contributed by atoms with van der Waals surface area (Å²) in [6, 6.07) is 21.8. The number of nitrogens with one attached hydrogen (secondary N) is 1. The van der Waals surface area contributed by atoms with E-state index < -0.39 is 17.9 Å². The van der Waals surface area contributed by atoms with E-state index in [1.807, 2.05) is 101 Å². The lowest BCUT2D eigenvalue weighted by Crippen LogP contribution is -2.45. The van der Waals surface area contributed by atoms with E-state index in [-0.39, 0.29) is 0 Å². The Kier molecular flexibility index (Phi) is 30.5. The predicted octanol–water partition coefficient (Wildman–Crippen LogP) is 15.0. The molecule has 0 unspecified atom stereocenters. The van der Waals surface area contributed by atoms with Crippen LogP contribution in [0.2, 0.25) is 0 Å². The van der Waals surface area contributed by atoms with E-state index in [9.17, 15) is 9.59 Å². The number of dihydropyridines is 1. The average Bonchev–Trinajstić information content (AvgIpc) is 3.36. The number of ether oxygens (including phenoxy) is 2. The molecule has 1 aliphatic rings. The van der Waals surface area contributed by atoms with E-state index in [1.165, 1.54) is 128 Å². The first-order valence-electron chi connectivity index (χ1n) is 27.4. The summed E-state index contributed by atoms with van der Waals surface area (Å²) < 4.78 is 16.4. The van der Waals surface area contributed by atoms with Crippen LogP contribution in [-0.4, -0.2) is 25.2 Å². The van der Waals surface area contributed by atoms with Gasteiger partial charge in [-0.15, -0.1) is 0 Å². The summed E-state index contributed by atoms with van der Waals surface area (Å²) in [6.07, 6.45) is 51.6. The molecule has 1 N–H and O–H groups in total. The highest BCUT2D eigenvalue weighted by Crippen LogP contribution is 2.40. The van der Waals surface area contributed by atoms with Gasteiger partial charge in [-0.1, -0.05) is 196 Å². The third kappa shape index (κ3) is 23.5. The van der Waals surface area contributed by atoms with Gasteiger partial charge in [0.25, 0.3) is 0 Å². The Morgan fingerprint density at radius 3 is 1.13 bits per heavy atom. The van der Waals surface area contributed by atoms with Crippen LogP contribution in [0, 0.1) is 0 Å². The van der Waals surface area contributed by atoms with Crippen LogP contribution in [0.15, 0.2) is 138 Å². The van der Waals surface area contributed by atoms with Gasteiger partial charge in [0, 0.05) is 24.3 Å². The SMILES string of the molecule is CCCCCCCC/C=C/CCCCCCCCOC(=O)C1=C(C[n+]2ccccc2)NC(C[n+]2ccccc2)=C(C(=O)OCCCCCCCC/C=C/CCCCCCCC)C1c1ccccc1. The van der Waals surface area contributed by atoms with Gasteiger partial charge in [-0.05, 0) is 69.8 Å². The van der Waals surface area contributed by atoms with Gasteiger partial charge in [-0.3, -0.25) is 0 Å². The molecule has 3 heterocycles. The van der Waals surface area contributed by atoms with Gasteiger partial charge in [0.1, 0.15) is 0 Å². The van der Waals surface area contributed by atoms with Gasteiger partial charge >= 0.3 is 11.9 Å². The molecular weight excluding hydrogens is 839 g/mol. The van der Waals surface area contributed by atoms with Crippen LogP contribution in [-0.2, 0) is 32.2 Å².